The van der Waals surface area contributed by atoms with Crippen molar-refractivity contribution >= 4 is 17.5 Å². The first-order valence-corrected chi connectivity index (χ1v) is 12.0. The lowest BCUT2D eigenvalue weighted by atomic mass is 9.78. The van der Waals surface area contributed by atoms with Crippen LogP contribution in [-0.4, -0.2) is 58.7 Å². The van der Waals surface area contributed by atoms with Gasteiger partial charge >= 0.3 is 0 Å². The zero-order valence-corrected chi connectivity index (χ0v) is 22.0. The Kier molecular flexibility index (Phi) is 7.57. The van der Waals surface area contributed by atoms with Crippen LogP contribution in [0.15, 0.2) is 60.7 Å². The minimum Gasteiger partial charge on any atom is -0.497 e. The summed E-state index contributed by atoms with van der Waals surface area (Å²) in [5.41, 5.74) is 2.42. The molecule has 0 aliphatic carbocycles. The smallest absolute Gasteiger partial charge is 0.254 e. The number of carbonyl (C=O) groups is 2. The minimum absolute atomic E-state index is 0.194. The minimum atomic E-state index is -0.731. The molecule has 0 spiro atoms. The average Bonchev–Trinajstić information content (AvgIpc) is 2.94. The molecule has 0 radical (unpaired) electrons. The molecule has 4 rings (SSSR count). The number of carbonyl (C=O) groups excluding carboxylic acids is 2. The molecule has 2 atom stereocenters. The summed E-state index contributed by atoms with van der Waals surface area (Å²) in [7, 11) is 8.08. The SMILES string of the molecule is CCOc1ccccc1N(C)C(=O)[C@H]1c2cc(OC)c(OC)cc2C(=O)N(C)[C@@H]1c1ccc(OC)cc1. The molecule has 0 fully saturated rings. The number of likely N-dealkylation sites (N-methyl/N-ethyl adjacent to an activating group) is 2. The second-order valence-electron chi connectivity index (χ2n) is 8.70. The van der Waals surface area contributed by atoms with E-state index in [4.69, 9.17) is 18.9 Å². The maximum absolute atomic E-state index is 14.4. The third-order valence-corrected chi connectivity index (χ3v) is 6.75. The standard InChI is InChI=1S/C29H32N2O6/c1-7-37-23-11-9-8-10-22(23)30(2)29(33)26-20-16-24(35-5)25(36-6)17-21(20)28(32)31(3)27(26)18-12-14-19(34-4)15-13-18/h8-17,26-27H,7H2,1-6H3/t26-,27+/m0/s1. The number of nitrogens with zero attached hydrogens (tertiary/aromatic N) is 2. The van der Waals surface area contributed by atoms with Crippen LogP contribution >= 0.6 is 0 Å². The molecule has 8 heteroatoms. The third-order valence-electron chi connectivity index (χ3n) is 6.75. The van der Waals surface area contributed by atoms with Gasteiger partial charge < -0.3 is 28.7 Å². The lowest BCUT2D eigenvalue weighted by molar-refractivity contribution is -0.121. The van der Waals surface area contributed by atoms with Crippen LogP contribution in [0.2, 0.25) is 0 Å². The van der Waals surface area contributed by atoms with Crippen molar-refractivity contribution in [3.8, 4) is 23.0 Å². The number of ether oxygens (including phenoxy) is 4. The highest BCUT2D eigenvalue weighted by Gasteiger charge is 2.45. The molecule has 0 N–H and O–H groups in total. The predicted molar refractivity (Wildman–Crippen MR) is 141 cm³/mol. The van der Waals surface area contributed by atoms with Crippen LogP contribution in [0, 0.1) is 0 Å². The van der Waals surface area contributed by atoms with E-state index in [-0.39, 0.29) is 11.8 Å². The Bertz CT molecular complexity index is 1290. The number of hydrogen-bond donors (Lipinski definition) is 0. The highest BCUT2D eigenvalue weighted by molar-refractivity contribution is 6.06. The van der Waals surface area contributed by atoms with Crippen LogP contribution in [0.3, 0.4) is 0 Å². The quantitative estimate of drug-likeness (QED) is 0.443. The van der Waals surface area contributed by atoms with Crippen molar-refractivity contribution in [2.45, 2.75) is 18.9 Å². The number of benzene rings is 3. The van der Waals surface area contributed by atoms with Gasteiger partial charge in [-0.3, -0.25) is 9.59 Å². The topological polar surface area (TPSA) is 77.5 Å². The molecule has 8 nitrogen and oxygen atoms in total. The number of hydrogen-bond acceptors (Lipinski definition) is 6. The van der Waals surface area contributed by atoms with Crippen LogP contribution in [0.4, 0.5) is 5.69 Å². The fourth-order valence-electron chi connectivity index (χ4n) is 4.87. The van der Waals surface area contributed by atoms with Gasteiger partial charge in [0.2, 0.25) is 5.91 Å². The van der Waals surface area contributed by atoms with Crippen molar-refractivity contribution in [2.24, 2.45) is 0 Å². The van der Waals surface area contributed by atoms with E-state index in [1.54, 1.807) is 43.1 Å². The number of amides is 2. The van der Waals surface area contributed by atoms with Crippen molar-refractivity contribution in [3.05, 3.63) is 77.4 Å². The van der Waals surface area contributed by atoms with E-state index in [9.17, 15) is 9.59 Å². The molecular formula is C29H32N2O6. The molecule has 1 aliphatic heterocycles. The fraction of sp³-hybridized carbons (Fsp3) is 0.310. The monoisotopic (exact) mass is 504 g/mol. The summed E-state index contributed by atoms with van der Waals surface area (Å²) >= 11 is 0. The van der Waals surface area contributed by atoms with Crippen molar-refractivity contribution < 1.29 is 28.5 Å². The van der Waals surface area contributed by atoms with Crippen LogP contribution in [0.5, 0.6) is 23.0 Å². The van der Waals surface area contributed by atoms with Crippen molar-refractivity contribution in [1.29, 1.82) is 0 Å². The second-order valence-corrected chi connectivity index (χ2v) is 8.70. The largest absolute Gasteiger partial charge is 0.497 e. The highest BCUT2D eigenvalue weighted by atomic mass is 16.5. The summed E-state index contributed by atoms with van der Waals surface area (Å²) in [5.74, 6) is 1.03. The van der Waals surface area contributed by atoms with Gasteiger partial charge in [-0.2, -0.15) is 0 Å². The van der Waals surface area contributed by atoms with Crippen molar-refractivity contribution in [2.75, 3.05) is 46.9 Å². The summed E-state index contributed by atoms with van der Waals surface area (Å²) < 4.78 is 22.1. The van der Waals surface area contributed by atoms with Gasteiger partial charge in [-0.1, -0.05) is 24.3 Å². The second kappa shape index (κ2) is 10.8. The summed E-state index contributed by atoms with van der Waals surface area (Å²) in [5, 5.41) is 0. The molecule has 0 bridgehead atoms. The van der Waals surface area contributed by atoms with E-state index in [1.165, 1.54) is 14.2 Å². The van der Waals surface area contributed by atoms with Gasteiger partial charge in [-0.05, 0) is 54.4 Å². The van der Waals surface area contributed by atoms with Gasteiger partial charge in [0.1, 0.15) is 11.5 Å². The number of anilines is 1. The van der Waals surface area contributed by atoms with Gasteiger partial charge in [0, 0.05) is 19.7 Å². The molecule has 0 unspecified atom stereocenters. The molecular weight excluding hydrogens is 472 g/mol. The summed E-state index contributed by atoms with van der Waals surface area (Å²) in [4.78, 5) is 31.2. The van der Waals surface area contributed by atoms with Gasteiger partial charge in [0.15, 0.2) is 11.5 Å². The summed E-state index contributed by atoms with van der Waals surface area (Å²) in [6.07, 6.45) is 0. The van der Waals surface area contributed by atoms with Crippen molar-refractivity contribution in [1.82, 2.24) is 4.90 Å². The lowest BCUT2D eigenvalue weighted by Crippen LogP contribution is -2.46. The van der Waals surface area contributed by atoms with E-state index in [0.717, 1.165) is 5.56 Å². The molecule has 0 saturated heterocycles. The van der Waals surface area contributed by atoms with Gasteiger partial charge in [-0.15, -0.1) is 0 Å². The van der Waals surface area contributed by atoms with Crippen LogP contribution in [-0.2, 0) is 4.79 Å². The Morgan fingerprint density at radius 1 is 0.919 bits per heavy atom. The molecule has 0 aromatic heterocycles. The molecule has 3 aromatic carbocycles. The molecule has 0 saturated carbocycles. The summed E-state index contributed by atoms with van der Waals surface area (Å²) in [6.45, 7) is 2.37. The Morgan fingerprint density at radius 2 is 1.57 bits per heavy atom. The Morgan fingerprint density at radius 3 is 2.19 bits per heavy atom. The van der Waals surface area contributed by atoms with E-state index in [1.807, 2.05) is 55.5 Å². The van der Waals surface area contributed by atoms with E-state index in [0.29, 0.717) is 46.4 Å². The zero-order chi connectivity index (χ0) is 26.7. The molecule has 1 aliphatic rings. The molecule has 3 aromatic rings. The first kappa shape index (κ1) is 25.9. The average molecular weight is 505 g/mol. The Labute approximate surface area is 217 Å². The number of methoxy groups -OCH3 is 3. The van der Waals surface area contributed by atoms with Gasteiger partial charge in [0.25, 0.3) is 5.91 Å². The molecule has 1 heterocycles. The molecule has 194 valence electrons. The van der Waals surface area contributed by atoms with E-state index < -0.39 is 12.0 Å². The molecule has 37 heavy (non-hydrogen) atoms. The first-order valence-electron chi connectivity index (χ1n) is 12.0. The predicted octanol–water partition coefficient (Wildman–Crippen LogP) is 4.68. The van der Waals surface area contributed by atoms with Crippen LogP contribution in [0.25, 0.3) is 0 Å². The van der Waals surface area contributed by atoms with Crippen molar-refractivity contribution in [3.63, 3.8) is 0 Å². The summed E-state index contributed by atoms with van der Waals surface area (Å²) in [6, 6.07) is 17.6. The fourth-order valence-corrected chi connectivity index (χ4v) is 4.87. The molecule has 2 amide bonds. The number of rotatable bonds is 8. The van der Waals surface area contributed by atoms with Crippen LogP contribution in [0.1, 0.15) is 40.4 Å². The van der Waals surface area contributed by atoms with Crippen LogP contribution < -0.4 is 23.8 Å². The normalized spacial score (nSPS) is 16.6. The maximum Gasteiger partial charge on any atom is 0.254 e. The Hall–Kier alpha value is -4.20. The lowest BCUT2D eigenvalue weighted by Gasteiger charge is -2.41. The van der Waals surface area contributed by atoms with E-state index in [2.05, 4.69) is 0 Å². The first-order chi connectivity index (χ1) is 17.9. The third kappa shape index (κ3) is 4.67. The Balaban J connectivity index is 1.91. The van der Waals surface area contributed by atoms with E-state index >= 15 is 0 Å². The van der Waals surface area contributed by atoms with Gasteiger partial charge in [-0.25, -0.2) is 0 Å². The number of para-hydroxylation sites is 2. The maximum atomic E-state index is 14.4. The number of fused-ring (bicyclic) bond motifs is 1. The zero-order valence-electron chi connectivity index (χ0n) is 22.0. The highest BCUT2D eigenvalue weighted by Crippen LogP contribution is 2.47. The van der Waals surface area contributed by atoms with Gasteiger partial charge in [0.05, 0.1) is 45.6 Å².